The number of nitrogen functional groups attached to an aromatic ring is 1. The Hall–Kier alpha value is -2.90. The van der Waals surface area contributed by atoms with Crippen LogP contribution in [0.4, 0.5) is 5.82 Å². The van der Waals surface area contributed by atoms with Crippen LogP contribution in [-0.2, 0) is 11.3 Å². The lowest BCUT2D eigenvalue weighted by Crippen LogP contribution is -2.49. The van der Waals surface area contributed by atoms with Gasteiger partial charge in [-0.2, -0.15) is 0 Å². The number of aromatic nitrogens is 2. The van der Waals surface area contributed by atoms with Crippen LogP contribution in [0.3, 0.4) is 0 Å². The maximum Gasteiger partial charge on any atom is 0.260 e. The van der Waals surface area contributed by atoms with Crippen molar-refractivity contribution in [3.63, 3.8) is 0 Å². The summed E-state index contributed by atoms with van der Waals surface area (Å²) in [6.45, 7) is 3.42. The summed E-state index contributed by atoms with van der Waals surface area (Å²) in [4.78, 5) is 25.5. The van der Waals surface area contributed by atoms with E-state index in [-0.39, 0.29) is 12.5 Å². The first-order valence-corrected chi connectivity index (χ1v) is 9.86. The minimum atomic E-state index is -0.0224. The van der Waals surface area contributed by atoms with Crippen molar-refractivity contribution >= 4 is 34.2 Å². The van der Waals surface area contributed by atoms with E-state index in [1.807, 2.05) is 29.2 Å². The monoisotopic (exact) mass is 411 g/mol. The highest BCUT2D eigenvalue weighted by Crippen LogP contribution is 2.18. The molecule has 4 rings (SSSR count). The van der Waals surface area contributed by atoms with Gasteiger partial charge in [-0.3, -0.25) is 9.69 Å². The quantitative estimate of drug-likeness (QED) is 0.694. The standard InChI is InChI=1S/C21H22ClN5O2/c22-15-5-7-16(8-6-15)29-14-20(28)27-11-9-26(10-12-27)13-19-24-18-4-2-1-3-17(18)21(23)25-19/h1-8H,9-14H2,(H2,23,24,25). The van der Waals surface area contributed by atoms with Gasteiger partial charge in [-0.15, -0.1) is 0 Å². The zero-order chi connectivity index (χ0) is 20.2. The number of nitrogens with zero attached hydrogens (tertiary/aromatic N) is 4. The second kappa shape index (κ2) is 8.63. The molecule has 1 amide bonds. The molecular formula is C21H22ClN5O2. The summed E-state index contributed by atoms with van der Waals surface area (Å²) in [6.07, 6.45) is 0. The predicted octanol–water partition coefficient (Wildman–Crippen LogP) is 2.59. The molecule has 2 aromatic carbocycles. The second-order valence-electron chi connectivity index (χ2n) is 6.94. The van der Waals surface area contributed by atoms with Gasteiger partial charge in [-0.1, -0.05) is 23.7 Å². The number of fused-ring (bicyclic) bond motifs is 1. The van der Waals surface area contributed by atoms with Crippen molar-refractivity contribution in [3.8, 4) is 5.75 Å². The van der Waals surface area contributed by atoms with Gasteiger partial charge in [0.25, 0.3) is 5.91 Å². The van der Waals surface area contributed by atoms with Gasteiger partial charge in [-0.05, 0) is 36.4 Å². The van der Waals surface area contributed by atoms with Gasteiger partial charge in [0.05, 0.1) is 12.1 Å². The van der Waals surface area contributed by atoms with Crippen LogP contribution in [0.1, 0.15) is 5.82 Å². The van der Waals surface area contributed by atoms with Crippen molar-refractivity contribution in [1.82, 2.24) is 19.8 Å². The molecule has 1 aliphatic heterocycles. The van der Waals surface area contributed by atoms with Crippen LogP contribution in [0.5, 0.6) is 5.75 Å². The Morgan fingerprint density at radius 2 is 1.76 bits per heavy atom. The molecule has 0 bridgehead atoms. The van der Waals surface area contributed by atoms with Crippen LogP contribution in [0, 0.1) is 0 Å². The average Bonchev–Trinajstić information content (AvgIpc) is 2.74. The molecule has 8 heteroatoms. The first-order chi connectivity index (χ1) is 14.1. The van der Waals surface area contributed by atoms with Gasteiger partial charge in [0, 0.05) is 36.6 Å². The van der Waals surface area contributed by atoms with E-state index in [9.17, 15) is 4.79 Å². The molecule has 0 atom stereocenters. The number of para-hydroxylation sites is 1. The van der Waals surface area contributed by atoms with Crippen molar-refractivity contribution in [1.29, 1.82) is 0 Å². The highest BCUT2D eigenvalue weighted by molar-refractivity contribution is 6.30. The number of benzene rings is 2. The number of rotatable bonds is 5. The summed E-state index contributed by atoms with van der Waals surface area (Å²) in [7, 11) is 0. The molecule has 0 unspecified atom stereocenters. The lowest BCUT2D eigenvalue weighted by molar-refractivity contribution is -0.135. The third kappa shape index (κ3) is 4.75. The minimum Gasteiger partial charge on any atom is -0.484 e. The minimum absolute atomic E-state index is 0.0198. The fraction of sp³-hybridized carbons (Fsp3) is 0.286. The van der Waals surface area contributed by atoms with Gasteiger partial charge in [0.15, 0.2) is 6.61 Å². The number of nitrogens with two attached hydrogens (primary N) is 1. The summed E-state index contributed by atoms with van der Waals surface area (Å²) in [6, 6.07) is 14.7. The van der Waals surface area contributed by atoms with Crippen LogP contribution in [0.2, 0.25) is 5.02 Å². The third-order valence-corrected chi connectivity index (χ3v) is 5.20. The Morgan fingerprint density at radius 1 is 1.03 bits per heavy atom. The highest BCUT2D eigenvalue weighted by atomic mass is 35.5. The molecule has 0 saturated carbocycles. The van der Waals surface area contributed by atoms with E-state index in [2.05, 4.69) is 14.9 Å². The Morgan fingerprint density at radius 3 is 2.52 bits per heavy atom. The van der Waals surface area contributed by atoms with Crippen molar-refractivity contribution in [2.45, 2.75) is 6.54 Å². The SMILES string of the molecule is Nc1nc(CN2CCN(C(=O)COc3ccc(Cl)cc3)CC2)nc2ccccc12. The Kier molecular flexibility index (Phi) is 5.78. The molecule has 0 spiro atoms. The fourth-order valence-electron chi connectivity index (χ4n) is 3.34. The van der Waals surface area contributed by atoms with Gasteiger partial charge >= 0.3 is 0 Å². The van der Waals surface area contributed by atoms with E-state index in [4.69, 9.17) is 22.1 Å². The number of ether oxygens (including phenoxy) is 1. The van der Waals surface area contributed by atoms with Gasteiger partial charge in [0.1, 0.15) is 17.4 Å². The molecular weight excluding hydrogens is 390 g/mol. The van der Waals surface area contributed by atoms with Crippen LogP contribution < -0.4 is 10.5 Å². The van der Waals surface area contributed by atoms with Crippen LogP contribution in [-0.4, -0.2) is 58.5 Å². The Labute approximate surface area is 174 Å². The number of hydrogen-bond acceptors (Lipinski definition) is 6. The first-order valence-electron chi connectivity index (χ1n) is 9.48. The largest absolute Gasteiger partial charge is 0.484 e. The van der Waals surface area contributed by atoms with Crippen LogP contribution >= 0.6 is 11.6 Å². The summed E-state index contributed by atoms with van der Waals surface area (Å²) in [5.41, 5.74) is 6.92. The van der Waals surface area contributed by atoms with E-state index < -0.39 is 0 Å². The predicted molar refractivity (Wildman–Crippen MR) is 113 cm³/mol. The number of piperazine rings is 1. The van der Waals surface area contributed by atoms with E-state index >= 15 is 0 Å². The summed E-state index contributed by atoms with van der Waals surface area (Å²) < 4.78 is 5.56. The molecule has 2 heterocycles. The molecule has 1 aromatic heterocycles. The zero-order valence-corrected chi connectivity index (χ0v) is 16.7. The number of carbonyl (C=O) groups is 1. The number of hydrogen-bond donors (Lipinski definition) is 1. The maximum absolute atomic E-state index is 12.4. The van der Waals surface area contributed by atoms with E-state index in [0.717, 1.165) is 24.0 Å². The van der Waals surface area contributed by atoms with Crippen molar-refractivity contribution in [2.24, 2.45) is 0 Å². The third-order valence-electron chi connectivity index (χ3n) is 4.94. The van der Waals surface area contributed by atoms with Crippen LogP contribution in [0.25, 0.3) is 10.9 Å². The zero-order valence-electron chi connectivity index (χ0n) is 15.9. The smallest absolute Gasteiger partial charge is 0.260 e. The molecule has 1 aliphatic rings. The van der Waals surface area contributed by atoms with Crippen LogP contribution in [0.15, 0.2) is 48.5 Å². The molecule has 2 N–H and O–H groups in total. The molecule has 0 radical (unpaired) electrons. The number of amides is 1. The fourth-order valence-corrected chi connectivity index (χ4v) is 3.47. The molecule has 29 heavy (non-hydrogen) atoms. The summed E-state index contributed by atoms with van der Waals surface area (Å²) in [5.74, 6) is 1.81. The van der Waals surface area contributed by atoms with Gasteiger partial charge < -0.3 is 15.4 Å². The van der Waals surface area contributed by atoms with Gasteiger partial charge in [0.2, 0.25) is 0 Å². The normalized spacial score (nSPS) is 14.9. The topological polar surface area (TPSA) is 84.6 Å². The lowest BCUT2D eigenvalue weighted by Gasteiger charge is -2.34. The van der Waals surface area contributed by atoms with E-state index in [0.29, 0.717) is 42.0 Å². The second-order valence-corrected chi connectivity index (χ2v) is 7.38. The van der Waals surface area contributed by atoms with E-state index in [1.54, 1.807) is 24.3 Å². The number of carbonyl (C=O) groups excluding carboxylic acids is 1. The molecule has 150 valence electrons. The highest BCUT2D eigenvalue weighted by Gasteiger charge is 2.22. The number of halogens is 1. The maximum atomic E-state index is 12.4. The molecule has 1 saturated heterocycles. The Balaban J connectivity index is 1.29. The summed E-state index contributed by atoms with van der Waals surface area (Å²) >= 11 is 5.85. The molecule has 1 fully saturated rings. The Bertz CT molecular complexity index is 1000. The van der Waals surface area contributed by atoms with Gasteiger partial charge in [-0.25, -0.2) is 9.97 Å². The average molecular weight is 412 g/mol. The van der Waals surface area contributed by atoms with Crippen molar-refractivity contribution in [3.05, 3.63) is 59.4 Å². The first kappa shape index (κ1) is 19.4. The molecule has 0 aliphatic carbocycles. The van der Waals surface area contributed by atoms with Crippen molar-refractivity contribution in [2.75, 3.05) is 38.5 Å². The number of anilines is 1. The summed E-state index contributed by atoms with van der Waals surface area (Å²) in [5, 5.41) is 1.50. The molecule has 7 nitrogen and oxygen atoms in total. The lowest BCUT2D eigenvalue weighted by atomic mass is 10.2. The van der Waals surface area contributed by atoms with Crippen molar-refractivity contribution < 1.29 is 9.53 Å². The van der Waals surface area contributed by atoms with E-state index in [1.165, 1.54) is 0 Å². The molecule has 3 aromatic rings.